The highest BCUT2D eigenvalue weighted by Crippen LogP contribution is 2.17. The fourth-order valence-corrected chi connectivity index (χ4v) is 2.49. The molecule has 0 saturated carbocycles. The molecule has 0 bridgehead atoms. The maximum Gasteiger partial charge on any atom is 0.117 e. The number of nitrogens with zero attached hydrogens (tertiary/aromatic N) is 1. The number of aliphatic hydroxyl groups excluding tert-OH is 1. The summed E-state index contributed by atoms with van der Waals surface area (Å²) in [7, 11) is 0. The smallest absolute Gasteiger partial charge is 0.117 e. The Hall–Kier alpha value is 0.200. The Morgan fingerprint density at radius 2 is 2.50 bits per heavy atom. The van der Waals surface area contributed by atoms with Crippen LogP contribution in [-0.4, -0.2) is 53.4 Å². The van der Waals surface area contributed by atoms with E-state index < -0.39 is 12.8 Å². The van der Waals surface area contributed by atoms with Crippen LogP contribution < -0.4 is 0 Å². The van der Waals surface area contributed by atoms with Gasteiger partial charge < -0.3 is 5.11 Å². The second-order valence-corrected chi connectivity index (χ2v) is 4.80. The van der Waals surface area contributed by atoms with Gasteiger partial charge in [-0.15, -0.1) is 0 Å². The lowest BCUT2D eigenvalue weighted by molar-refractivity contribution is 0.0916. The molecule has 1 heterocycles. The Balaban J connectivity index is 2.22. The van der Waals surface area contributed by atoms with Crippen LogP contribution in [0.4, 0.5) is 4.39 Å². The maximum absolute atomic E-state index is 12.0. The van der Waals surface area contributed by atoms with E-state index in [0.717, 1.165) is 18.8 Å². The van der Waals surface area contributed by atoms with Gasteiger partial charge in [0.2, 0.25) is 0 Å². The van der Waals surface area contributed by atoms with E-state index in [9.17, 15) is 4.39 Å². The SMILES string of the molecule is CC1CN(CC(O)CF)CCS1. The van der Waals surface area contributed by atoms with Gasteiger partial charge in [0.15, 0.2) is 0 Å². The number of hydrogen-bond acceptors (Lipinski definition) is 3. The third-order valence-electron chi connectivity index (χ3n) is 1.97. The molecule has 12 heavy (non-hydrogen) atoms. The molecule has 1 aliphatic rings. The van der Waals surface area contributed by atoms with E-state index in [1.165, 1.54) is 0 Å². The summed E-state index contributed by atoms with van der Waals surface area (Å²) in [5.41, 5.74) is 0. The van der Waals surface area contributed by atoms with Crippen LogP contribution in [0.2, 0.25) is 0 Å². The number of rotatable bonds is 3. The standard InChI is InChI=1S/C8H16FNOS/c1-7-5-10(2-3-12-7)6-8(11)4-9/h7-8,11H,2-6H2,1H3. The molecule has 0 aliphatic carbocycles. The van der Waals surface area contributed by atoms with Crippen molar-refractivity contribution in [3.8, 4) is 0 Å². The van der Waals surface area contributed by atoms with Gasteiger partial charge in [-0.1, -0.05) is 6.92 Å². The molecule has 1 aliphatic heterocycles. The van der Waals surface area contributed by atoms with Gasteiger partial charge in [0, 0.05) is 30.6 Å². The van der Waals surface area contributed by atoms with Crippen LogP contribution in [0, 0.1) is 0 Å². The summed E-state index contributed by atoms with van der Waals surface area (Å²) in [6, 6.07) is 0. The van der Waals surface area contributed by atoms with Crippen molar-refractivity contribution in [3.63, 3.8) is 0 Å². The molecule has 0 spiro atoms. The van der Waals surface area contributed by atoms with Crippen molar-refractivity contribution >= 4 is 11.8 Å². The van der Waals surface area contributed by atoms with Gasteiger partial charge >= 0.3 is 0 Å². The van der Waals surface area contributed by atoms with Crippen LogP contribution in [-0.2, 0) is 0 Å². The Morgan fingerprint density at radius 3 is 3.08 bits per heavy atom. The van der Waals surface area contributed by atoms with Gasteiger partial charge in [0.05, 0.1) is 6.10 Å². The molecule has 1 rings (SSSR count). The molecule has 0 aromatic carbocycles. The van der Waals surface area contributed by atoms with Crippen LogP contribution in [0.1, 0.15) is 6.92 Å². The predicted molar refractivity (Wildman–Crippen MR) is 50.3 cm³/mol. The minimum atomic E-state index is -0.791. The van der Waals surface area contributed by atoms with Gasteiger partial charge in [0.25, 0.3) is 0 Å². The lowest BCUT2D eigenvalue weighted by Gasteiger charge is -2.31. The van der Waals surface area contributed by atoms with E-state index in [0.29, 0.717) is 11.8 Å². The molecule has 0 aromatic heterocycles. The quantitative estimate of drug-likeness (QED) is 0.715. The van der Waals surface area contributed by atoms with Gasteiger partial charge in [-0.2, -0.15) is 11.8 Å². The predicted octanol–water partition coefficient (Wildman–Crippen LogP) is 0.754. The number of alkyl halides is 1. The average molecular weight is 193 g/mol. The molecule has 1 fully saturated rings. The van der Waals surface area contributed by atoms with Crippen molar-refractivity contribution in [1.29, 1.82) is 0 Å². The Kier molecular flexibility index (Phi) is 4.32. The van der Waals surface area contributed by atoms with Crippen molar-refractivity contribution in [3.05, 3.63) is 0 Å². The first-order valence-electron chi connectivity index (χ1n) is 4.30. The summed E-state index contributed by atoms with van der Waals surface area (Å²) < 4.78 is 12.0. The zero-order valence-electron chi connectivity index (χ0n) is 7.37. The highest BCUT2D eigenvalue weighted by Gasteiger charge is 2.18. The minimum Gasteiger partial charge on any atom is -0.389 e. The Bertz CT molecular complexity index is 136. The zero-order valence-corrected chi connectivity index (χ0v) is 8.19. The van der Waals surface area contributed by atoms with E-state index in [-0.39, 0.29) is 0 Å². The van der Waals surface area contributed by atoms with Crippen molar-refractivity contribution in [2.24, 2.45) is 0 Å². The second kappa shape index (κ2) is 5.04. The van der Waals surface area contributed by atoms with Crippen LogP contribution >= 0.6 is 11.8 Å². The van der Waals surface area contributed by atoms with E-state index in [2.05, 4.69) is 11.8 Å². The minimum absolute atomic E-state index is 0.488. The van der Waals surface area contributed by atoms with Crippen molar-refractivity contribution in [2.75, 3.05) is 32.1 Å². The van der Waals surface area contributed by atoms with E-state index >= 15 is 0 Å². The summed E-state index contributed by atoms with van der Waals surface area (Å²) in [6.45, 7) is 3.98. The summed E-state index contributed by atoms with van der Waals surface area (Å²) in [5, 5.41) is 9.69. The van der Waals surface area contributed by atoms with Crippen LogP contribution in [0.15, 0.2) is 0 Å². The lowest BCUT2D eigenvalue weighted by Crippen LogP contribution is -2.41. The number of β-amino-alcohol motifs (C(OH)–C–C–N with tert-alkyl or cyclic N) is 1. The van der Waals surface area contributed by atoms with Gasteiger partial charge in [-0.3, -0.25) is 4.90 Å². The summed E-state index contributed by atoms with van der Waals surface area (Å²) in [6.07, 6.45) is -0.791. The average Bonchev–Trinajstić information content (AvgIpc) is 2.04. The normalized spacial score (nSPS) is 28.8. The molecule has 0 amide bonds. The van der Waals surface area contributed by atoms with Crippen LogP contribution in [0.5, 0.6) is 0 Å². The molecule has 4 heteroatoms. The first-order valence-corrected chi connectivity index (χ1v) is 5.35. The largest absolute Gasteiger partial charge is 0.389 e. The molecule has 1 saturated heterocycles. The third kappa shape index (κ3) is 3.29. The first-order chi connectivity index (χ1) is 5.72. The van der Waals surface area contributed by atoms with Crippen LogP contribution in [0.3, 0.4) is 0 Å². The fourth-order valence-electron chi connectivity index (χ4n) is 1.40. The van der Waals surface area contributed by atoms with Crippen molar-refractivity contribution in [1.82, 2.24) is 4.90 Å². The summed E-state index contributed by atoms with van der Waals surface area (Å²) >= 11 is 1.94. The zero-order chi connectivity index (χ0) is 8.97. The molecular weight excluding hydrogens is 177 g/mol. The molecule has 2 unspecified atom stereocenters. The molecule has 0 radical (unpaired) electrons. The van der Waals surface area contributed by atoms with Crippen molar-refractivity contribution in [2.45, 2.75) is 18.3 Å². The molecule has 72 valence electrons. The molecule has 1 N–H and O–H groups in total. The highest BCUT2D eigenvalue weighted by atomic mass is 32.2. The Labute approximate surface area is 77.1 Å². The number of halogens is 1. The second-order valence-electron chi connectivity index (χ2n) is 3.25. The van der Waals surface area contributed by atoms with E-state index in [4.69, 9.17) is 5.11 Å². The van der Waals surface area contributed by atoms with Gasteiger partial charge in [0.1, 0.15) is 6.67 Å². The molecule has 2 nitrogen and oxygen atoms in total. The number of hydrogen-bond donors (Lipinski definition) is 1. The highest BCUT2D eigenvalue weighted by molar-refractivity contribution is 7.99. The summed E-state index contributed by atoms with van der Waals surface area (Å²) in [5.74, 6) is 1.10. The van der Waals surface area contributed by atoms with E-state index in [1.54, 1.807) is 0 Å². The monoisotopic (exact) mass is 193 g/mol. The van der Waals surface area contributed by atoms with Gasteiger partial charge in [-0.05, 0) is 0 Å². The third-order valence-corrected chi connectivity index (χ3v) is 3.11. The number of aliphatic hydroxyl groups is 1. The number of thioether (sulfide) groups is 1. The Morgan fingerprint density at radius 1 is 1.75 bits per heavy atom. The fraction of sp³-hybridized carbons (Fsp3) is 1.00. The van der Waals surface area contributed by atoms with E-state index in [1.807, 2.05) is 11.8 Å². The topological polar surface area (TPSA) is 23.5 Å². The van der Waals surface area contributed by atoms with Crippen molar-refractivity contribution < 1.29 is 9.50 Å². The van der Waals surface area contributed by atoms with Gasteiger partial charge in [-0.25, -0.2) is 4.39 Å². The lowest BCUT2D eigenvalue weighted by atomic mass is 10.3. The maximum atomic E-state index is 12.0. The molecule has 0 aromatic rings. The molecular formula is C8H16FNOS. The van der Waals surface area contributed by atoms with Crippen LogP contribution in [0.25, 0.3) is 0 Å². The molecule has 2 atom stereocenters. The first kappa shape index (κ1) is 10.3. The summed E-state index contributed by atoms with van der Waals surface area (Å²) in [4.78, 5) is 2.13.